The van der Waals surface area contributed by atoms with E-state index >= 15 is 0 Å². The van der Waals surface area contributed by atoms with Crippen LogP contribution in [0.2, 0.25) is 0 Å². The first-order valence-corrected chi connectivity index (χ1v) is 12.9. The number of imidazole rings is 2. The molecule has 4 heterocycles. The summed E-state index contributed by atoms with van der Waals surface area (Å²) in [5.41, 5.74) is 3.37. The highest BCUT2D eigenvalue weighted by Crippen LogP contribution is 2.41. The van der Waals surface area contributed by atoms with Crippen LogP contribution in [-0.4, -0.2) is 32.0 Å². The lowest BCUT2D eigenvalue weighted by atomic mass is 10.3. The topological polar surface area (TPSA) is 53.1 Å². The number of nitrogens with zero attached hydrogens (tertiary/aromatic N) is 4. The van der Waals surface area contributed by atoms with E-state index in [1.54, 1.807) is 12.3 Å². The summed E-state index contributed by atoms with van der Waals surface area (Å²) in [6.45, 7) is 5.15. The van der Waals surface area contributed by atoms with Gasteiger partial charge in [0.1, 0.15) is 22.8 Å². The van der Waals surface area contributed by atoms with Gasteiger partial charge in [0.15, 0.2) is 0 Å². The Kier molecular flexibility index (Phi) is 6.35. The summed E-state index contributed by atoms with van der Waals surface area (Å²) < 4.78 is 30.3. The Morgan fingerprint density at radius 2 is 1.48 bits per heavy atom. The molecule has 0 unspecified atom stereocenters. The minimum absolute atomic E-state index is 0.244. The van der Waals surface area contributed by atoms with Gasteiger partial charge in [-0.3, -0.25) is 4.40 Å². The fraction of sp³-hybridized carbons (Fsp3) is 0.417. The molecular weight excluding hydrogens is 555 g/mol. The maximum Gasteiger partial charge on any atom is 0.221 e. The predicted octanol–water partition coefficient (Wildman–Crippen LogP) is 6.88. The number of rotatable bonds is 6. The SMILES string of the molecule is CCOc1cc2nc(C3CC3)c(F)n2cc1Br.CCOc1cc2nc(C3CC3)cn2cc1Br. The van der Waals surface area contributed by atoms with Gasteiger partial charge >= 0.3 is 0 Å². The van der Waals surface area contributed by atoms with Crippen molar-refractivity contribution in [3.63, 3.8) is 0 Å². The van der Waals surface area contributed by atoms with Gasteiger partial charge in [0.25, 0.3) is 0 Å². The van der Waals surface area contributed by atoms with Crippen molar-refractivity contribution in [3.05, 3.63) is 57.0 Å². The van der Waals surface area contributed by atoms with Crippen LogP contribution in [0.1, 0.15) is 62.8 Å². The normalized spacial score (nSPS) is 15.5. The fourth-order valence-corrected chi connectivity index (χ4v) is 4.65. The highest BCUT2D eigenvalue weighted by Gasteiger charge is 2.30. The lowest BCUT2D eigenvalue weighted by Crippen LogP contribution is -1.96. The van der Waals surface area contributed by atoms with Gasteiger partial charge in [-0.2, -0.15) is 4.39 Å². The van der Waals surface area contributed by atoms with E-state index in [2.05, 4.69) is 52.4 Å². The van der Waals surface area contributed by atoms with Crippen LogP contribution in [0.25, 0.3) is 11.3 Å². The molecule has 174 valence electrons. The van der Waals surface area contributed by atoms with Crippen molar-refractivity contribution in [2.24, 2.45) is 0 Å². The van der Waals surface area contributed by atoms with Crippen molar-refractivity contribution in [1.82, 2.24) is 18.8 Å². The molecule has 33 heavy (non-hydrogen) atoms. The fourth-order valence-electron chi connectivity index (χ4n) is 3.77. The van der Waals surface area contributed by atoms with Gasteiger partial charge in [0, 0.05) is 42.6 Å². The number of aromatic nitrogens is 4. The molecule has 0 aliphatic heterocycles. The van der Waals surface area contributed by atoms with Crippen LogP contribution in [0.3, 0.4) is 0 Å². The van der Waals surface area contributed by atoms with E-state index in [9.17, 15) is 4.39 Å². The van der Waals surface area contributed by atoms with Crippen molar-refractivity contribution in [2.45, 2.75) is 51.4 Å². The third-order valence-corrected chi connectivity index (χ3v) is 6.92. The highest BCUT2D eigenvalue weighted by atomic mass is 79.9. The third kappa shape index (κ3) is 4.75. The number of fused-ring (bicyclic) bond motifs is 2. The van der Waals surface area contributed by atoms with Crippen LogP contribution in [-0.2, 0) is 0 Å². The van der Waals surface area contributed by atoms with Gasteiger partial charge in [-0.05, 0) is 71.4 Å². The van der Waals surface area contributed by atoms with E-state index < -0.39 is 0 Å². The summed E-state index contributed by atoms with van der Waals surface area (Å²) in [6.07, 6.45) is 10.5. The molecule has 4 aromatic rings. The van der Waals surface area contributed by atoms with E-state index in [1.807, 2.05) is 26.1 Å². The lowest BCUT2D eigenvalue weighted by Gasteiger charge is -2.05. The molecule has 2 saturated carbocycles. The van der Waals surface area contributed by atoms with Gasteiger partial charge in [0.05, 0.1) is 33.5 Å². The predicted molar refractivity (Wildman–Crippen MR) is 132 cm³/mol. The summed E-state index contributed by atoms with van der Waals surface area (Å²) in [7, 11) is 0. The van der Waals surface area contributed by atoms with Gasteiger partial charge in [-0.25, -0.2) is 9.97 Å². The quantitative estimate of drug-likeness (QED) is 0.250. The molecule has 0 aromatic carbocycles. The Morgan fingerprint density at radius 1 is 0.879 bits per heavy atom. The Hall–Kier alpha value is -2.13. The van der Waals surface area contributed by atoms with Crippen molar-refractivity contribution < 1.29 is 13.9 Å². The van der Waals surface area contributed by atoms with E-state index in [0.717, 1.165) is 33.2 Å². The summed E-state index contributed by atoms with van der Waals surface area (Å²) in [5.74, 6) is 2.32. The molecule has 4 aromatic heterocycles. The largest absolute Gasteiger partial charge is 0.492 e. The van der Waals surface area contributed by atoms with Crippen LogP contribution >= 0.6 is 31.9 Å². The van der Waals surface area contributed by atoms with Gasteiger partial charge in [0.2, 0.25) is 5.95 Å². The van der Waals surface area contributed by atoms with Gasteiger partial charge in [-0.1, -0.05) is 0 Å². The number of hydrogen-bond acceptors (Lipinski definition) is 4. The smallest absolute Gasteiger partial charge is 0.221 e. The Balaban J connectivity index is 0.000000139. The average molecular weight is 580 g/mol. The minimum atomic E-state index is -0.244. The lowest BCUT2D eigenvalue weighted by molar-refractivity contribution is 0.337. The van der Waals surface area contributed by atoms with Crippen molar-refractivity contribution in [1.29, 1.82) is 0 Å². The first-order valence-electron chi connectivity index (χ1n) is 11.3. The Labute approximate surface area is 208 Å². The monoisotopic (exact) mass is 578 g/mol. The molecule has 0 bridgehead atoms. The molecule has 0 atom stereocenters. The van der Waals surface area contributed by atoms with E-state index in [1.165, 1.54) is 22.9 Å². The molecular formula is C24H25Br2FN4O2. The molecule has 2 aliphatic carbocycles. The van der Waals surface area contributed by atoms with Crippen LogP contribution in [0.4, 0.5) is 4.39 Å². The van der Waals surface area contributed by atoms with Crippen LogP contribution in [0, 0.1) is 5.95 Å². The minimum Gasteiger partial charge on any atom is -0.492 e. The van der Waals surface area contributed by atoms with Crippen LogP contribution in [0.5, 0.6) is 11.5 Å². The second-order valence-electron chi connectivity index (χ2n) is 8.33. The molecule has 6 rings (SSSR count). The van der Waals surface area contributed by atoms with E-state index in [0.29, 0.717) is 42.1 Å². The molecule has 0 saturated heterocycles. The molecule has 0 amide bonds. The number of hydrogen-bond donors (Lipinski definition) is 0. The van der Waals surface area contributed by atoms with Crippen molar-refractivity contribution in [2.75, 3.05) is 13.2 Å². The number of pyridine rings is 2. The van der Waals surface area contributed by atoms with E-state index in [-0.39, 0.29) is 5.95 Å². The zero-order valence-corrected chi connectivity index (χ0v) is 21.7. The highest BCUT2D eigenvalue weighted by molar-refractivity contribution is 9.10. The second kappa shape index (κ2) is 9.25. The molecule has 0 N–H and O–H groups in total. The maximum absolute atomic E-state index is 14.1. The van der Waals surface area contributed by atoms with Crippen LogP contribution in [0.15, 0.2) is 39.7 Å². The molecule has 0 spiro atoms. The standard InChI is InChI=1S/C12H12BrFN2O.C12H13BrN2O/c1-2-17-9-5-10-15-11(7-3-4-7)12(14)16(10)6-8(9)13;1-2-16-11-5-12-14-10(8-3-4-8)7-15(12)6-9(11)13/h5-7H,2-4H2,1H3;5-8H,2-4H2,1H3. The van der Waals surface area contributed by atoms with Gasteiger partial charge in [-0.15, -0.1) is 0 Å². The third-order valence-electron chi connectivity index (χ3n) is 5.73. The van der Waals surface area contributed by atoms with Crippen molar-refractivity contribution in [3.8, 4) is 11.5 Å². The first kappa shape index (κ1) is 22.7. The summed E-state index contributed by atoms with van der Waals surface area (Å²) in [5, 5.41) is 0. The number of ether oxygens (including phenoxy) is 2. The van der Waals surface area contributed by atoms with Crippen LogP contribution < -0.4 is 9.47 Å². The first-order chi connectivity index (χ1) is 16.0. The van der Waals surface area contributed by atoms with E-state index in [4.69, 9.17) is 9.47 Å². The molecule has 6 nitrogen and oxygen atoms in total. The average Bonchev–Trinajstić information content (AvgIpc) is 3.72. The molecule has 2 fully saturated rings. The summed E-state index contributed by atoms with van der Waals surface area (Å²) >= 11 is 6.88. The molecule has 0 radical (unpaired) electrons. The zero-order chi connectivity index (χ0) is 23.1. The zero-order valence-electron chi connectivity index (χ0n) is 18.5. The Morgan fingerprint density at radius 3 is 2.09 bits per heavy atom. The number of halogens is 3. The van der Waals surface area contributed by atoms with Gasteiger partial charge < -0.3 is 13.9 Å². The molecule has 9 heteroatoms. The second-order valence-corrected chi connectivity index (χ2v) is 10.0. The summed E-state index contributed by atoms with van der Waals surface area (Å²) in [6, 6.07) is 3.75. The Bertz CT molecular complexity index is 1310. The molecule has 2 aliphatic rings. The maximum atomic E-state index is 14.1. The van der Waals surface area contributed by atoms with Crippen molar-refractivity contribution >= 4 is 43.2 Å². The summed E-state index contributed by atoms with van der Waals surface area (Å²) in [4.78, 5) is 8.97.